The van der Waals surface area contributed by atoms with Gasteiger partial charge in [0, 0.05) is 11.6 Å². The maximum Gasteiger partial charge on any atom is 0.261 e. The van der Waals surface area contributed by atoms with Gasteiger partial charge in [-0.2, -0.15) is 5.10 Å². The first-order valence-electron chi connectivity index (χ1n) is 10.0. The minimum Gasteiger partial charge on any atom is -0.345 e. The highest BCUT2D eigenvalue weighted by Gasteiger charge is 2.35. The molecule has 31 heavy (non-hydrogen) atoms. The molecule has 2 aromatic carbocycles. The third-order valence-electron chi connectivity index (χ3n) is 5.50. The van der Waals surface area contributed by atoms with Gasteiger partial charge in [0.15, 0.2) is 10.6 Å². The van der Waals surface area contributed by atoms with Crippen molar-refractivity contribution >= 4 is 29.9 Å². The second kappa shape index (κ2) is 7.59. The summed E-state index contributed by atoms with van der Waals surface area (Å²) in [6, 6.07) is 14.0. The second-order valence-electron chi connectivity index (χ2n) is 7.67. The summed E-state index contributed by atoms with van der Waals surface area (Å²) in [5.74, 6) is -0.208. The monoisotopic (exact) mass is 433 g/mol. The highest BCUT2D eigenvalue weighted by Crippen LogP contribution is 2.35. The number of H-pyrrole nitrogens is 1. The fourth-order valence-electron chi connectivity index (χ4n) is 3.81. The summed E-state index contributed by atoms with van der Waals surface area (Å²) in [7, 11) is 0. The van der Waals surface area contributed by atoms with E-state index in [4.69, 9.17) is 12.2 Å². The van der Waals surface area contributed by atoms with E-state index in [9.17, 15) is 14.4 Å². The molecule has 0 atom stereocenters. The largest absolute Gasteiger partial charge is 0.345 e. The number of hydrogen-bond acceptors (Lipinski definition) is 5. The molecule has 0 spiro atoms. The smallest absolute Gasteiger partial charge is 0.261 e. The van der Waals surface area contributed by atoms with Crippen LogP contribution in [0.5, 0.6) is 0 Å². The predicted octanol–water partition coefficient (Wildman–Crippen LogP) is 3.00. The van der Waals surface area contributed by atoms with E-state index in [0.717, 1.165) is 12.8 Å². The maximum atomic E-state index is 12.7. The van der Waals surface area contributed by atoms with E-state index in [-0.39, 0.29) is 30.8 Å². The highest BCUT2D eigenvalue weighted by atomic mass is 32.1. The number of amides is 3. The standard InChI is InChI=1S/C22H19N5O3S/c28-19(23-11-18-24-25-22(31)27(18)15-8-9-15)14-5-3-4-13(10-14)12-26-20(29)16-6-1-2-7-17(16)21(26)30/h1-7,10,15H,8-9,11-12H2,(H,23,28)(H,25,31). The number of carbonyl (C=O) groups is 3. The van der Waals surface area contributed by atoms with Crippen LogP contribution in [0.2, 0.25) is 0 Å². The number of rotatable bonds is 6. The van der Waals surface area contributed by atoms with Crippen LogP contribution in [-0.2, 0) is 13.1 Å². The van der Waals surface area contributed by atoms with Gasteiger partial charge < -0.3 is 5.32 Å². The summed E-state index contributed by atoms with van der Waals surface area (Å²) in [6.07, 6.45) is 2.13. The lowest BCUT2D eigenvalue weighted by Crippen LogP contribution is -2.29. The molecule has 1 fully saturated rings. The first kappa shape index (κ1) is 19.4. The molecule has 2 N–H and O–H groups in total. The number of fused-ring (bicyclic) bond motifs is 1. The fourth-order valence-corrected chi connectivity index (χ4v) is 4.11. The number of aromatic nitrogens is 3. The van der Waals surface area contributed by atoms with Crippen molar-refractivity contribution < 1.29 is 14.4 Å². The van der Waals surface area contributed by atoms with Crippen molar-refractivity contribution in [3.05, 3.63) is 81.4 Å². The molecule has 156 valence electrons. The molecule has 0 bridgehead atoms. The van der Waals surface area contributed by atoms with Crippen LogP contribution < -0.4 is 5.32 Å². The van der Waals surface area contributed by atoms with E-state index in [1.165, 1.54) is 4.90 Å². The molecule has 1 aliphatic carbocycles. The first-order valence-corrected chi connectivity index (χ1v) is 10.4. The third kappa shape index (κ3) is 3.57. The summed E-state index contributed by atoms with van der Waals surface area (Å²) in [5, 5.41) is 9.87. The zero-order valence-electron chi connectivity index (χ0n) is 16.5. The van der Waals surface area contributed by atoms with E-state index >= 15 is 0 Å². The first-order chi connectivity index (χ1) is 15.0. The molecule has 8 nitrogen and oxygen atoms in total. The Hall–Kier alpha value is -3.59. The van der Waals surface area contributed by atoms with Crippen LogP contribution in [-0.4, -0.2) is 37.4 Å². The lowest BCUT2D eigenvalue weighted by molar-refractivity contribution is 0.0642. The van der Waals surface area contributed by atoms with Crippen molar-refractivity contribution in [3.8, 4) is 0 Å². The van der Waals surface area contributed by atoms with Gasteiger partial charge in [-0.05, 0) is 54.9 Å². The summed E-state index contributed by atoms with van der Waals surface area (Å²) >= 11 is 5.27. The highest BCUT2D eigenvalue weighted by molar-refractivity contribution is 7.71. The Labute approximate surface area is 182 Å². The lowest BCUT2D eigenvalue weighted by Gasteiger charge is -2.14. The van der Waals surface area contributed by atoms with Crippen molar-refractivity contribution in [2.24, 2.45) is 0 Å². The van der Waals surface area contributed by atoms with Crippen molar-refractivity contribution in [1.29, 1.82) is 0 Å². The number of benzene rings is 2. The van der Waals surface area contributed by atoms with E-state index in [2.05, 4.69) is 15.5 Å². The number of aromatic amines is 1. The van der Waals surface area contributed by atoms with E-state index in [1.54, 1.807) is 48.5 Å². The second-order valence-corrected chi connectivity index (χ2v) is 8.06. The Balaban J connectivity index is 1.28. The summed E-state index contributed by atoms with van der Waals surface area (Å²) in [6.45, 7) is 0.360. The van der Waals surface area contributed by atoms with Gasteiger partial charge >= 0.3 is 0 Å². The molecule has 3 aromatic rings. The molecule has 2 heterocycles. The van der Waals surface area contributed by atoms with Crippen molar-refractivity contribution in [2.75, 3.05) is 0 Å². The maximum absolute atomic E-state index is 12.7. The van der Waals surface area contributed by atoms with Crippen LogP contribution in [0.4, 0.5) is 0 Å². The Morgan fingerprint density at radius 1 is 1.10 bits per heavy atom. The van der Waals surface area contributed by atoms with Crippen LogP contribution in [0.1, 0.15) is 61.3 Å². The van der Waals surface area contributed by atoms with E-state index in [0.29, 0.717) is 38.9 Å². The number of carbonyl (C=O) groups excluding carboxylic acids is 3. The summed E-state index contributed by atoms with van der Waals surface area (Å²) in [5.41, 5.74) is 1.96. The molecule has 3 amide bonds. The average molecular weight is 433 g/mol. The van der Waals surface area contributed by atoms with Gasteiger partial charge in [-0.1, -0.05) is 24.3 Å². The molecule has 0 radical (unpaired) electrons. The molecule has 9 heteroatoms. The Bertz CT molecular complexity index is 1240. The molecule has 2 aliphatic rings. The van der Waals surface area contributed by atoms with E-state index < -0.39 is 0 Å². The summed E-state index contributed by atoms with van der Waals surface area (Å²) < 4.78 is 2.52. The molecular formula is C22H19N5O3S. The van der Waals surface area contributed by atoms with Gasteiger partial charge in [-0.15, -0.1) is 0 Å². The normalized spacial score (nSPS) is 15.3. The fraction of sp³-hybridized carbons (Fsp3) is 0.227. The zero-order chi connectivity index (χ0) is 21.5. The quantitative estimate of drug-likeness (QED) is 0.460. The van der Waals surface area contributed by atoms with Crippen LogP contribution in [0.3, 0.4) is 0 Å². The van der Waals surface area contributed by atoms with Crippen LogP contribution in [0.15, 0.2) is 48.5 Å². The molecular weight excluding hydrogens is 414 g/mol. The van der Waals surface area contributed by atoms with Crippen molar-refractivity contribution in [1.82, 2.24) is 25.0 Å². The Kier molecular flexibility index (Phi) is 4.74. The minimum atomic E-state index is -0.321. The average Bonchev–Trinajstić information content (AvgIpc) is 3.52. The van der Waals surface area contributed by atoms with Gasteiger partial charge in [0.1, 0.15) is 0 Å². The number of nitrogens with zero attached hydrogens (tertiary/aromatic N) is 3. The van der Waals surface area contributed by atoms with Crippen LogP contribution in [0.25, 0.3) is 0 Å². The molecule has 1 saturated carbocycles. The van der Waals surface area contributed by atoms with Crippen molar-refractivity contribution in [3.63, 3.8) is 0 Å². The SMILES string of the molecule is O=C(NCc1n[nH]c(=S)n1C1CC1)c1cccc(CN2C(=O)c3ccccc3C2=O)c1. The van der Waals surface area contributed by atoms with Gasteiger partial charge in [-0.25, -0.2) is 0 Å². The van der Waals surface area contributed by atoms with Crippen molar-refractivity contribution in [2.45, 2.75) is 32.0 Å². The van der Waals surface area contributed by atoms with Gasteiger partial charge in [-0.3, -0.25) is 28.9 Å². The Morgan fingerprint density at radius 3 is 2.48 bits per heavy atom. The number of hydrogen-bond donors (Lipinski definition) is 2. The molecule has 1 aromatic heterocycles. The van der Waals surface area contributed by atoms with Gasteiger partial charge in [0.2, 0.25) is 0 Å². The number of imide groups is 1. The number of nitrogens with one attached hydrogen (secondary N) is 2. The molecule has 1 aliphatic heterocycles. The lowest BCUT2D eigenvalue weighted by atomic mass is 10.1. The van der Waals surface area contributed by atoms with Crippen LogP contribution in [0, 0.1) is 4.77 Å². The van der Waals surface area contributed by atoms with Gasteiger partial charge in [0.05, 0.1) is 24.2 Å². The minimum absolute atomic E-state index is 0.105. The summed E-state index contributed by atoms with van der Waals surface area (Å²) in [4.78, 5) is 39.1. The third-order valence-corrected chi connectivity index (χ3v) is 5.79. The Morgan fingerprint density at radius 2 is 1.81 bits per heavy atom. The molecule has 0 unspecified atom stereocenters. The van der Waals surface area contributed by atoms with E-state index in [1.807, 2.05) is 4.57 Å². The van der Waals surface area contributed by atoms with Gasteiger partial charge in [0.25, 0.3) is 17.7 Å². The molecule has 0 saturated heterocycles. The molecule has 5 rings (SSSR count). The van der Waals surface area contributed by atoms with Crippen LogP contribution >= 0.6 is 12.2 Å². The topological polar surface area (TPSA) is 100 Å². The predicted molar refractivity (Wildman–Crippen MR) is 114 cm³/mol. The zero-order valence-corrected chi connectivity index (χ0v) is 17.3.